The molecule has 0 atom stereocenters. The number of carbonyl (C=O) groups excluding carboxylic acids is 2. The highest BCUT2D eigenvalue weighted by atomic mass is 16.2. The molecule has 0 unspecified atom stereocenters. The van der Waals surface area contributed by atoms with Crippen molar-refractivity contribution < 1.29 is 9.59 Å². The van der Waals surface area contributed by atoms with Crippen molar-refractivity contribution in [2.24, 2.45) is 0 Å². The van der Waals surface area contributed by atoms with Crippen LogP contribution < -0.4 is 10.9 Å². The van der Waals surface area contributed by atoms with Gasteiger partial charge in [0.1, 0.15) is 5.69 Å². The summed E-state index contributed by atoms with van der Waals surface area (Å²) in [6.07, 6.45) is 1.13. The van der Waals surface area contributed by atoms with Gasteiger partial charge in [-0.1, -0.05) is 58.0 Å². The number of aromatic amines is 1. The van der Waals surface area contributed by atoms with E-state index in [4.69, 9.17) is 0 Å². The number of benzene rings is 1. The average molecular weight is 451 g/mol. The number of carbonyl (C=O) groups is 2. The fourth-order valence-corrected chi connectivity index (χ4v) is 4.25. The summed E-state index contributed by atoms with van der Waals surface area (Å²) >= 11 is 0. The summed E-state index contributed by atoms with van der Waals surface area (Å²) in [4.78, 5) is 44.7. The Morgan fingerprint density at radius 2 is 1.73 bits per heavy atom. The summed E-state index contributed by atoms with van der Waals surface area (Å²) in [5.41, 5.74) is 2.87. The molecule has 33 heavy (non-hydrogen) atoms. The Kier molecular flexibility index (Phi) is 8.22. The second-order valence-electron chi connectivity index (χ2n) is 8.07. The molecule has 2 heterocycles. The van der Waals surface area contributed by atoms with Crippen LogP contribution in [0.3, 0.4) is 0 Å². The van der Waals surface area contributed by atoms with Gasteiger partial charge < -0.3 is 19.8 Å². The number of Topliss-reactive ketones (excluding diaryl/α,β-unsaturated/α-hetero) is 1. The van der Waals surface area contributed by atoms with Crippen LogP contribution in [0.1, 0.15) is 59.8 Å². The zero-order valence-corrected chi connectivity index (χ0v) is 20.0. The monoisotopic (exact) mass is 450 g/mol. The number of hydrogen-bond donors (Lipinski definition) is 2. The maximum absolute atomic E-state index is 13.5. The zero-order chi connectivity index (χ0) is 24.0. The van der Waals surface area contributed by atoms with Crippen molar-refractivity contribution in [3.05, 3.63) is 69.3 Å². The van der Waals surface area contributed by atoms with Gasteiger partial charge in [-0.15, -0.1) is 0 Å². The number of aryl methyl sites for hydroxylation is 2. The first-order valence-electron chi connectivity index (χ1n) is 11.8. The van der Waals surface area contributed by atoms with Crippen LogP contribution in [0.4, 0.5) is 0 Å². The van der Waals surface area contributed by atoms with Crippen molar-refractivity contribution in [3.8, 4) is 0 Å². The van der Waals surface area contributed by atoms with E-state index in [1.165, 1.54) is 0 Å². The predicted molar refractivity (Wildman–Crippen MR) is 132 cm³/mol. The Morgan fingerprint density at radius 3 is 2.33 bits per heavy atom. The molecule has 0 bridgehead atoms. The van der Waals surface area contributed by atoms with Gasteiger partial charge in [0.2, 0.25) is 0 Å². The van der Waals surface area contributed by atoms with E-state index in [1.807, 2.05) is 38.1 Å². The van der Waals surface area contributed by atoms with Crippen molar-refractivity contribution in [1.82, 2.24) is 19.8 Å². The van der Waals surface area contributed by atoms with Crippen LogP contribution in [-0.2, 0) is 19.4 Å². The van der Waals surface area contributed by atoms with E-state index < -0.39 is 0 Å². The number of fused-ring (bicyclic) bond motifs is 1. The van der Waals surface area contributed by atoms with Crippen molar-refractivity contribution in [3.63, 3.8) is 0 Å². The Hall–Kier alpha value is -3.19. The first-order valence-corrected chi connectivity index (χ1v) is 11.8. The third-order valence-corrected chi connectivity index (χ3v) is 6.20. The lowest BCUT2D eigenvalue weighted by molar-refractivity contribution is 0.0941. The molecule has 2 aromatic heterocycles. The molecule has 0 spiro atoms. The lowest BCUT2D eigenvalue weighted by Gasteiger charge is -2.17. The smallest absolute Gasteiger partial charge is 0.268 e. The lowest BCUT2D eigenvalue weighted by atomic mass is 10.1. The summed E-state index contributed by atoms with van der Waals surface area (Å²) in [5, 5.41) is 3.47. The van der Waals surface area contributed by atoms with Gasteiger partial charge >= 0.3 is 0 Å². The predicted octanol–water partition coefficient (Wildman–Crippen LogP) is 3.41. The SMILES string of the molecule is CCc1c(C(=O)NCCN(CC)CC)[nH]c2cc(CC)n(CC(=O)c3ccccc3)c(=O)c12. The maximum Gasteiger partial charge on any atom is 0.268 e. The van der Waals surface area contributed by atoms with Crippen LogP contribution in [0.25, 0.3) is 10.9 Å². The van der Waals surface area contributed by atoms with Gasteiger partial charge in [0.25, 0.3) is 11.5 Å². The van der Waals surface area contributed by atoms with E-state index in [9.17, 15) is 14.4 Å². The summed E-state index contributed by atoms with van der Waals surface area (Å²) in [5.74, 6) is -0.325. The molecule has 0 radical (unpaired) electrons. The molecule has 1 amide bonds. The van der Waals surface area contributed by atoms with Gasteiger partial charge in [-0.2, -0.15) is 0 Å². The van der Waals surface area contributed by atoms with Crippen molar-refractivity contribution in [2.75, 3.05) is 26.2 Å². The minimum Gasteiger partial charge on any atom is -0.350 e. The molecule has 0 aliphatic heterocycles. The van der Waals surface area contributed by atoms with E-state index in [1.54, 1.807) is 16.7 Å². The molecule has 1 aromatic carbocycles. The molecule has 0 aliphatic carbocycles. The molecule has 0 aliphatic rings. The molecule has 7 heteroatoms. The van der Waals surface area contributed by atoms with Gasteiger partial charge in [-0.3, -0.25) is 14.4 Å². The molecule has 176 valence electrons. The van der Waals surface area contributed by atoms with Crippen LogP contribution in [0, 0.1) is 0 Å². The Balaban J connectivity index is 1.96. The van der Waals surface area contributed by atoms with Crippen LogP contribution in [0.2, 0.25) is 0 Å². The molecular weight excluding hydrogens is 416 g/mol. The van der Waals surface area contributed by atoms with Gasteiger partial charge in [0, 0.05) is 24.3 Å². The topological polar surface area (TPSA) is 87.2 Å². The standard InChI is InChI=1S/C26H34N4O3/c1-5-19-16-21-23(26(33)30(19)17-22(31)18-12-10-9-11-13-18)20(6-2)24(28-21)25(32)27-14-15-29(7-3)8-4/h9-13,16,28H,5-8,14-15,17H2,1-4H3,(H,27,32). The average Bonchev–Trinajstić information content (AvgIpc) is 3.22. The van der Waals surface area contributed by atoms with Gasteiger partial charge in [0.15, 0.2) is 5.78 Å². The van der Waals surface area contributed by atoms with Crippen LogP contribution in [0.5, 0.6) is 0 Å². The maximum atomic E-state index is 13.5. The summed E-state index contributed by atoms with van der Waals surface area (Å²) < 4.78 is 1.55. The minimum absolute atomic E-state index is 0.0261. The van der Waals surface area contributed by atoms with Crippen LogP contribution in [-0.4, -0.2) is 52.3 Å². The van der Waals surface area contributed by atoms with E-state index in [-0.39, 0.29) is 23.8 Å². The second-order valence-corrected chi connectivity index (χ2v) is 8.07. The number of nitrogens with zero attached hydrogens (tertiary/aromatic N) is 2. The number of ketones is 1. The van der Waals surface area contributed by atoms with Gasteiger partial charge in [0.05, 0.1) is 17.4 Å². The molecule has 2 N–H and O–H groups in total. The minimum atomic E-state index is -0.232. The van der Waals surface area contributed by atoms with Crippen molar-refractivity contribution in [2.45, 2.75) is 47.1 Å². The summed E-state index contributed by atoms with van der Waals surface area (Å²) in [6, 6.07) is 10.9. The number of hydrogen-bond acceptors (Lipinski definition) is 4. The van der Waals surface area contributed by atoms with E-state index in [0.29, 0.717) is 47.1 Å². The highest BCUT2D eigenvalue weighted by molar-refractivity contribution is 6.01. The number of likely N-dealkylation sites (N-methyl/N-ethyl adjacent to an activating group) is 1. The second kappa shape index (κ2) is 11.1. The molecule has 0 fully saturated rings. The normalized spacial score (nSPS) is 11.3. The fraction of sp³-hybridized carbons (Fsp3) is 0.423. The molecule has 3 aromatic rings. The van der Waals surface area contributed by atoms with Gasteiger partial charge in [-0.05, 0) is 37.6 Å². The highest BCUT2D eigenvalue weighted by Gasteiger charge is 2.22. The quantitative estimate of drug-likeness (QED) is 0.438. The number of aromatic nitrogens is 2. The third kappa shape index (κ3) is 5.25. The highest BCUT2D eigenvalue weighted by Crippen LogP contribution is 2.22. The molecular formula is C26H34N4O3. The number of pyridine rings is 1. The van der Waals surface area contributed by atoms with E-state index in [0.717, 1.165) is 25.3 Å². The summed E-state index contributed by atoms with van der Waals surface area (Å²) in [6.45, 7) is 11.2. The number of rotatable bonds is 11. The fourth-order valence-electron chi connectivity index (χ4n) is 4.25. The largest absolute Gasteiger partial charge is 0.350 e. The number of amides is 1. The zero-order valence-electron chi connectivity index (χ0n) is 20.0. The molecule has 7 nitrogen and oxygen atoms in total. The van der Waals surface area contributed by atoms with E-state index >= 15 is 0 Å². The van der Waals surface area contributed by atoms with Gasteiger partial charge in [-0.25, -0.2) is 0 Å². The Bertz CT molecular complexity index is 1170. The van der Waals surface area contributed by atoms with E-state index in [2.05, 4.69) is 29.0 Å². The molecule has 0 saturated carbocycles. The summed E-state index contributed by atoms with van der Waals surface area (Å²) in [7, 11) is 0. The van der Waals surface area contributed by atoms with Crippen molar-refractivity contribution >= 4 is 22.6 Å². The Labute approximate surface area is 194 Å². The van der Waals surface area contributed by atoms with Crippen molar-refractivity contribution in [1.29, 1.82) is 0 Å². The lowest BCUT2D eigenvalue weighted by Crippen LogP contribution is -2.35. The first kappa shape index (κ1) is 24.5. The van der Waals surface area contributed by atoms with Crippen LogP contribution in [0.15, 0.2) is 41.2 Å². The third-order valence-electron chi connectivity index (χ3n) is 6.20. The number of H-pyrrole nitrogens is 1. The first-order chi connectivity index (χ1) is 15.9. The van der Waals surface area contributed by atoms with Crippen LogP contribution >= 0.6 is 0 Å². The molecule has 0 saturated heterocycles. The number of nitrogens with one attached hydrogen (secondary N) is 2. The molecule has 3 rings (SSSR count). The Morgan fingerprint density at radius 1 is 1.03 bits per heavy atom.